The van der Waals surface area contributed by atoms with E-state index in [0.717, 1.165) is 21.2 Å². The van der Waals surface area contributed by atoms with Crippen LogP contribution in [0.5, 0.6) is 0 Å². The van der Waals surface area contributed by atoms with Crippen molar-refractivity contribution in [2.45, 2.75) is 43.9 Å². The molecule has 3 rings (SSSR count). The lowest BCUT2D eigenvalue weighted by molar-refractivity contribution is 0.577. The van der Waals surface area contributed by atoms with Gasteiger partial charge in [0.2, 0.25) is 10.0 Å². The number of rotatable bonds is 6. The van der Waals surface area contributed by atoms with Gasteiger partial charge < -0.3 is 0 Å². The summed E-state index contributed by atoms with van der Waals surface area (Å²) in [6.07, 6.45) is 0. The highest BCUT2D eigenvalue weighted by atomic mass is 79.9. The predicted molar refractivity (Wildman–Crippen MR) is 127 cm³/mol. The number of halogens is 1. The molecular formula is C25H28BrNO2S. The third-order valence-corrected chi connectivity index (χ3v) is 7.43. The number of hydrogen-bond acceptors (Lipinski definition) is 2. The van der Waals surface area contributed by atoms with Crippen molar-refractivity contribution < 1.29 is 8.42 Å². The summed E-state index contributed by atoms with van der Waals surface area (Å²) in [5.41, 5.74) is 4.46. The van der Waals surface area contributed by atoms with Gasteiger partial charge in [-0.05, 0) is 47.2 Å². The molecule has 0 bridgehead atoms. The highest BCUT2D eigenvalue weighted by Gasteiger charge is 2.22. The van der Waals surface area contributed by atoms with Crippen molar-refractivity contribution in [3.8, 4) is 0 Å². The van der Waals surface area contributed by atoms with Crippen LogP contribution in [0.25, 0.3) is 0 Å². The van der Waals surface area contributed by atoms with Gasteiger partial charge >= 0.3 is 0 Å². The zero-order valence-corrected chi connectivity index (χ0v) is 20.2. The molecule has 0 aliphatic heterocycles. The Morgan fingerprint density at radius 1 is 0.900 bits per heavy atom. The molecule has 3 aromatic carbocycles. The van der Waals surface area contributed by atoms with Crippen LogP contribution in [-0.4, -0.2) is 15.0 Å². The number of sulfonamides is 1. The van der Waals surface area contributed by atoms with Crippen LogP contribution in [0, 0.1) is 6.92 Å². The molecule has 1 unspecified atom stereocenters. The second-order valence-corrected chi connectivity index (χ2v) is 11.2. The molecule has 30 heavy (non-hydrogen) atoms. The maximum atomic E-state index is 12.9. The lowest BCUT2D eigenvalue weighted by atomic mass is 9.84. The summed E-state index contributed by atoms with van der Waals surface area (Å²) < 4.78 is 29.5. The van der Waals surface area contributed by atoms with Gasteiger partial charge in [0.1, 0.15) is 0 Å². The molecule has 3 aromatic rings. The minimum Gasteiger partial charge on any atom is -0.210 e. The lowest BCUT2D eigenvalue weighted by Crippen LogP contribution is -2.29. The molecule has 0 aliphatic rings. The molecule has 3 nitrogen and oxygen atoms in total. The Morgan fingerprint density at radius 3 is 2.07 bits per heavy atom. The van der Waals surface area contributed by atoms with E-state index in [1.54, 1.807) is 12.1 Å². The second kappa shape index (κ2) is 9.04. The van der Waals surface area contributed by atoms with E-state index in [-0.39, 0.29) is 22.8 Å². The van der Waals surface area contributed by atoms with Crippen LogP contribution in [0.4, 0.5) is 0 Å². The highest BCUT2D eigenvalue weighted by molar-refractivity contribution is 9.10. The minimum absolute atomic E-state index is 0.0639. The Hall–Kier alpha value is -1.95. The van der Waals surface area contributed by atoms with Gasteiger partial charge in [-0.15, -0.1) is 0 Å². The van der Waals surface area contributed by atoms with Gasteiger partial charge in [0.15, 0.2) is 0 Å². The summed E-state index contributed by atoms with van der Waals surface area (Å²) in [7, 11) is -3.60. The van der Waals surface area contributed by atoms with Crippen molar-refractivity contribution in [1.82, 2.24) is 4.72 Å². The Kier molecular flexibility index (Phi) is 6.85. The Balaban J connectivity index is 1.93. The summed E-state index contributed by atoms with van der Waals surface area (Å²) in [5.74, 6) is -0.116. The van der Waals surface area contributed by atoms with Gasteiger partial charge in [-0.25, -0.2) is 13.1 Å². The van der Waals surface area contributed by atoms with E-state index in [4.69, 9.17) is 0 Å². The molecular weight excluding hydrogens is 458 g/mol. The van der Waals surface area contributed by atoms with Crippen molar-refractivity contribution in [1.29, 1.82) is 0 Å². The maximum absolute atomic E-state index is 12.9. The van der Waals surface area contributed by atoms with Crippen LogP contribution < -0.4 is 4.72 Å². The zero-order chi connectivity index (χ0) is 21.9. The van der Waals surface area contributed by atoms with Crippen LogP contribution in [0.3, 0.4) is 0 Å². The third-order valence-electron chi connectivity index (χ3n) is 5.27. The molecule has 0 aromatic heterocycles. The standard InChI is InChI=1S/C25H28BrNO2S/c1-18-9-15-21(16-10-18)30(28,29)27-17-23(22-7-5-6-8-24(22)26)19-11-13-20(14-12-19)25(2,3)4/h5-16,23,27H,17H2,1-4H3. The predicted octanol–water partition coefficient (Wildman–Crippen LogP) is 6.17. The molecule has 0 fully saturated rings. The maximum Gasteiger partial charge on any atom is 0.240 e. The SMILES string of the molecule is Cc1ccc(S(=O)(=O)NCC(c2ccc(C(C)(C)C)cc2)c2ccccc2Br)cc1. The molecule has 0 radical (unpaired) electrons. The molecule has 1 atom stereocenters. The Labute approximate surface area is 188 Å². The highest BCUT2D eigenvalue weighted by Crippen LogP contribution is 2.32. The first-order chi connectivity index (χ1) is 14.1. The first-order valence-electron chi connectivity index (χ1n) is 9.99. The van der Waals surface area contributed by atoms with E-state index in [1.165, 1.54) is 5.56 Å². The van der Waals surface area contributed by atoms with Crippen LogP contribution in [-0.2, 0) is 15.4 Å². The molecule has 0 saturated heterocycles. The van der Waals surface area contributed by atoms with Gasteiger partial charge in [0.05, 0.1) is 4.90 Å². The van der Waals surface area contributed by atoms with Crippen molar-refractivity contribution >= 4 is 26.0 Å². The van der Waals surface area contributed by atoms with Crippen LogP contribution in [0.2, 0.25) is 0 Å². The normalized spacial score (nSPS) is 13.2. The Morgan fingerprint density at radius 2 is 1.50 bits per heavy atom. The molecule has 5 heteroatoms. The fourth-order valence-corrected chi connectivity index (χ4v) is 4.98. The number of benzene rings is 3. The van der Waals surface area contributed by atoms with Crippen molar-refractivity contribution in [3.05, 3.63) is 99.5 Å². The van der Waals surface area contributed by atoms with Crippen molar-refractivity contribution in [3.63, 3.8) is 0 Å². The van der Waals surface area contributed by atoms with Crippen molar-refractivity contribution in [2.24, 2.45) is 0 Å². The molecule has 0 spiro atoms. The van der Waals surface area contributed by atoms with Crippen LogP contribution >= 0.6 is 15.9 Å². The quantitative estimate of drug-likeness (QED) is 0.453. The van der Waals surface area contributed by atoms with Gasteiger partial charge in [0.25, 0.3) is 0 Å². The molecule has 0 saturated carbocycles. The first-order valence-corrected chi connectivity index (χ1v) is 12.3. The number of aryl methyl sites for hydroxylation is 1. The summed E-state index contributed by atoms with van der Waals surface area (Å²) in [6.45, 7) is 8.76. The first kappa shape index (κ1) is 22.7. The lowest BCUT2D eigenvalue weighted by Gasteiger charge is -2.23. The second-order valence-electron chi connectivity index (χ2n) is 8.61. The molecule has 158 valence electrons. The van der Waals surface area contributed by atoms with Gasteiger partial charge in [-0.2, -0.15) is 0 Å². The van der Waals surface area contributed by atoms with E-state index in [2.05, 4.69) is 65.7 Å². The molecule has 1 N–H and O–H groups in total. The zero-order valence-electron chi connectivity index (χ0n) is 17.8. The van der Waals surface area contributed by atoms with E-state index in [0.29, 0.717) is 0 Å². The summed E-state index contributed by atoms with van der Waals surface area (Å²) in [6, 6.07) is 23.3. The smallest absolute Gasteiger partial charge is 0.210 e. The minimum atomic E-state index is -3.60. The molecule has 0 heterocycles. The largest absolute Gasteiger partial charge is 0.240 e. The van der Waals surface area contributed by atoms with Crippen LogP contribution in [0.15, 0.2) is 82.2 Å². The summed E-state index contributed by atoms with van der Waals surface area (Å²) in [4.78, 5) is 0.280. The summed E-state index contributed by atoms with van der Waals surface area (Å²) >= 11 is 3.64. The fraction of sp³-hybridized carbons (Fsp3) is 0.280. The average Bonchev–Trinajstić information content (AvgIpc) is 2.69. The van der Waals surface area contributed by atoms with E-state index >= 15 is 0 Å². The van der Waals surface area contributed by atoms with Crippen molar-refractivity contribution in [2.75, 3.05) is 6.54 Å². The fourth-order valence-electron chi connectivity index (χ4n) is 3.37. The monoisotopic (exact) mass is 485 g/mol. The average molecular weight is 486 g/mol. The molecule has 0 amide bonds. The van der Waals surface area contributed by atoms with E-state index < -0.39 is 10.0 Å². The van der Waals surface area contributed by atoms with E-state index in [9.17, 15) is 8.42 Å². The molecule has 0 aliphatic carbocycles. The Bertz CT molecular complexity index is 1100. The third kappa shape index (κ3) is 5.39. The number of nitrogens with one attached hydrogen (secondary N) is 1. The van der Waals surface area contributed by atoms with Crippen LogP contribution in [0.1, 0.15) is 48.9 Å². The van der Waals surface area contributed by atoms with Gasteiger partial charge in [-0.3, -0.25) is 0 Å². The van der Waals surface area contributed by atoms with Gasteiger partial charge in [0, 0.05) is 16.9 Å². The summed E-state index contributed by atoms with van der Waals surface area (Å²) in [5, 5.41) is 0. The van der Waals surface area contributed by atoms with Gasteiger partial charge in [-0.1, -0.05) is 96.9 Å². The van der Waals surface area contributed by atoms with E-state index in [1.807, 2.05) is 43.3 Å². The topological polar surface area (TPSA) is 46.2 Å². The number of hydrogen-bond donors (Lipinski definition) is 1.